The quantitative estimate of drug-likeness (QED) is 0.560. The first kappa shape index (κ1) is 14.9. The first-order chi connectivity index (χ1) is 8.30. The standard InChI is InChI=1S/C12H22N2O4/c1-12(6-13,11(17)18)5-8-4-7(10(15)16)2-3-9(8)14/h7-9H,2-6,13-14H2,1H3,(H,15,16)(H,17,18). The lowest BCUT2D eigenvalue weighted by atomic mass is 9.70. The number of carboxylic acid groups (broad SMARTS) is 2. The fraction of sp³-hybridized carbons (Fsp3) is 0.833. The van der Waals surface area contributed by atoms with E-state index in [9.17, 15) is 14.7 Å². The van der Waals surface area contributed by atoms with E-state index in [0.717, 1.165) is 0 Å². The van der Waals surface area contributed by atoms with Gasteiger partial charge < -0.3 is 21.7 Å². The van der Waals surface area contributed by atoms with E-state index in [-0.39, 0.29) is 18.5 Å². The molecular weight excluding hydrogens is 236 g/mol. The van der Waals surface area contributed by atoms with E-state index in [0.29, 0.717) is 25.7 Å². The van der Waals surface area contributed by atoms with Crippen molar-refractivity contribution in [3.63, 3.8) is 0 Å². The Labute approximate surface area is 106 Å². The highest BCUT2D eigenvalue weighted by atomic mass is 16.4. The van der Waals surface area contributed by atoms with Crippen LogP contribution in [0.15, 0.2) is 0 Å². The molecule has 0 aromatic heterocycles. The van der Waals surface area contributed by atoms with E-state index in [1.165, 1.54) is 0 Å². The van der Waals surface area contributed by atoms with Gasteiger partial charge in [-0.3, -0.25) is 9.59 Å². The van der Waals surface area contributed by atoms with Crippen LogP contribution in [-0.2, 0) is 9.59 Å². The Balaban J connectivity index is 2.74. The van der Waals surface area contributed by atoms with Crippen molar-refractivity contribution in [3.8, 4) is 0 Å². The molecule has 1 saturated carbocycles. The van der Waals surface area contributed by atoms with Crippen LogP contribution in [0, 0.1) is 17.3 Å². The lowest BCUT2D eigenvalue weighted by Gasteiger charge is -2.36. The molecule has 0 spiro atoms. The maximum Gasteiger partial charge on any atom is 0.310 e. The Morgan fingerprint density at radius 2 is 1.94 bits per heavy atom. The van der Waals surface area contributed by atoms with Gasteiger partial charge in [0.05, 0.1) is 11.3 Å². The second-order valence-corrected chi connectivity index (χ2v) is 5.55. The summed E-state index contributed by atoms with van der Waals surface area (Å²) in [5.74, 6) is -2.28. The molecule has 6 nitrogen and oxygen atoms in total. The molecule has 0 aromatic carbocycles. The van der Waals surface area contributed by atoms with Crippen LogP contribution in [0.5, 0.6) is 0 Å². The maximum atomic E-state index is 11.2. The molecule has 1 aliphatic carbocycles. The van der Waals surface area contributed by atoms with E-state index in [2.05, 4.69) is 0 Å². The van der Waals surface area contributed by atoms with Crippen molar-refractivity contribution in [1.82, 2.24) is 0 Å². The molecule has 104 valence electrons. The van der Waals surface area contributed by atoms with Crippen molar-refractivity contribution in [2.75, 3.05) is 6.54 Å². The molecule has 1 fully saturated rings. The van der Waals surface area contributed by atoms with Gasteiger partial charge in [0.15, 0.2) is 0 Å². The lowest BCUT2D eigenvalue weighted by Crippen LogP contribution is -2.44. The summed E-state index contributed by atoms with van der Waals surface area (Å²) < 4.78 is 0. The van der Waals surface area contributed by atoms with Crippen molar-refractivity contribution in [2.24, 2.45) is 28.7 Å². The van der Waals surface area contributed by atoms with E-state index in [1.807, 2.05) is 0 Å². The smallest absolute Gasteiger partial charge is 0.310 e. The van der Waals surface area contributed by atoms with Crippen LogP contribution in [0.1, 0.15) is 32.6 Å². The number of nitrogens with two attached hydrogens (primary N) is 2. The third-order valence-corrected chi connectivity index (χ3v) is 4.07. The molecule has 1 aliphatic rings. The second-order valence-electron chi connectivity index (χ2n) is 5.55. The molecule has 0 bridgehead atoms. The summed E-state index contributed by atoms with van der Waals surface area (Å²) in [6.45, 7) is 1.62. The van der Waals surface area contributed by atoms with Gasteiger partial charge in [-0.1, -0.05) is 0 Å². The van der Waals surface area contributed by atoms with Gasteiger partial charge in [-0.15, -0.1) is 0 Å². The first-order valence-electron chi connectivity index (χ1n) is 6.22. The van der Waals surface area contributed by atoms with Crippen LogP contribution in [0.3, 0.4) is 0 Å². The molecule has 0 aromatic rings. The lowest BCUT2D eigenvalue weighted by molar-refractivity contribution is -0.149. The van der Waals surface area contributed by atoms with Crippen LogP contribution in [0.25, 0.3) is 0 Å². The van der Waals surface area contributed by atoms with E-state index < -0.39 is 23.3 Å². The zero-order valence-electron chi connectivity index (χ0n) is 10.6. The third-order valence-electron chi connectivity index (χ3n) is 4.07. The molecule has 6 N–H and O–H groups in total. The van der Waals surface area contributed by atoms with Crippen molar-refractivity contribution in [1.29, 1.82) is 0 Å². The van der Waals surface area contributed by atoms with Gasteiger partial charge in [0.25, 0.3) is 0 Å². The van der Waals surface area contributed by atoms with Crippen molar-refractivity contribution < 1.29 is 19.8 Å². The van der Waals surface area contributed by atoms with Gasteiger partial charge in [0, 0.05) is 12.6 Å². The number of carbonyl (C=O) groups is 2. The van der Waals surface area contributed by atoms with Gasteiger partial charge in [-0.25, -0.2) is 0 Å². The summed E-state index contributed by atoms with van der Waals surface area (Å²) in [5.41, 5.74) is 10.5. The predicted molar refractivity (Wildman–Crippen MR) is 65.9 cm³/mol. The topological polar surface area (TPSA) is 127 Å². The van der Waals surface area contributed by atoms with Crippen molar-refractivity contribution >= 4 is 11.9 Å². The van der Waals surface area contributed by atoms with Crippen LogP contribution in [0.4, 0.5) is 0 Å². The molecule has 6 heteroatoms. The zero-order valence-corrected chi connectivity index (χ0v) is 10.6. The average Bonchev–Trinajstić information content (AvgIpc) is 2.31. The number of rotatable bonds is 5. The molecular formula is C12H22N2O4. The Morgan fingerprint density at radius 3 is 2.39 bits per heavy atom. The third kappa shape index (κ3) is 3.20. The molecule has 0 heterocycles. The number of hydrogen-bond donors (Lipinski definition) is 4. The minimum atomic E-state index is -1.03. The van der Waals surface area contributed by atoms with E-state index in [4.69, 9.17) is 16.6 Å². The fourth-order valence-corrected chi connectivity index (χ4v) is 2.58. The molecule has 0 saturated heterocycles. The number of aliphatic carboxylic acids is 2. The minimum absolute atomic E-state index is 0.0310. The van der Waals surface area contributed by atoms with Crippen molar-refractivity contribution in [2.45, 2.75) is 38.6 Å². The summed E-state index contributed by atoms with van der Waals surface area (Å²) in [5, 5.41) is 18.2. The SMILES string of the molecule is CC(CN)(CC1CC(C(=O)O)CCC1N)C(=O)O. The molecule has 0 radical (unpaired) electrons. The van der Waals surface area contributed by atoms with Gasteiger partial charge >= 0.3 is 11.9 Å². The number of hydrogen-bond acceptors (Lipinski definition) is 4. The Morgan fingerprint density at radius 1 is 1.33 bits per heavy atom. The van der Waals surface area contributed by atoms with E-state index >= 15 is 0 Å². The summed E-state index contributed by atoms with van der Waals surface area (Å²) in [6.07, 6.45) is 1.98. The van der Waals surface area contributed by atoms with Crippen molar-refractivity contribution in [3.05, 3.63) is 0 Å². The Kier molecular flexibility index (Phi) is 4.70. The monoisotopic (exact) mass is 258 g/mol. The Hall–Kier alpha value is -1.14. The van der Waals surface area contributed by atoms with E-state index in [1.54, 1.807) is 6.92 Å². The predicted octanol–water partition coefficient (Wildman–Crippen LogP) is 0.254. The van der Waals surface area contributed by atoms with Crippen LogP contribution in [-0.4, -0.2) is 34.7 Å². The molecule has 0 aliphatic heterocycles. The summed E-state index contributed by atoms with van der Waals surface area (Å²) in [6, 6.07) is -0.133. The summed E-state index contributed by atoms with van der Waals surface area (Å²) in [7, 11) is 0. The van der Waals surface area contributed by atoms with Gasteiger partial charge in [0.1, 0.15) is 0 Å². The minimum Gasteiger partial charge on any atom is -0.481 e. The molecule has 4 unspecified atom stereocenters. The highest BCUT2D eigenvalue weighted by Crippen LogP contribution is 2.36. The van der Waals surface area contributed by atoms with Crippen LogP contribution in [0.2, 0.25) is 0 Å². The van der Waals surface area contributed by atoms with Crippen LogP contribution >= 0.6 is 0 Å². The second kappa shape index (κ2) is 5.67. The largest absolute Gasteiger partial charge is 0.481 e. The van der Waals surface area contributed by atoms with Gasteiger partial charge in [0.2, 0.25) is 0 Å². The normalized spacial score (nSPS) is 31.6. The fourth-order valence-electron chi connectivity index (χ4n) is 2.58. The maximum absolute atomic E-state index is 11.2. The zero-order chi connectivity index (χ0) is 13.9. The van der Waals surface area contributed by atoms with Crippen LogP contribution < -0.4 is 11.5 Å². The summed E-state index contributed by atoms with van der Waals surface area (Å²) in [4.78, 5) is 22.2. The molecule has 4 atom stereocenters. The first-order valence-corrected chi connectivity index (χ1v) is 6.22. The molecule has 0 amide bonds. The number of carboxylic acids is 2. The summed E-state index contributed by atoms with van der Waals surface area (Å²) >= 11 is 0. The highest BCUT2D eigenvalue weighted by Gasteiger charge is 2.40. The Bertz CT molecular complexity index is 334. The van der Waals surface area contributed by atoms with Gasteiger partial charge in [-0.2, -0.15) is 0 Å². The molecule has 1 rings (SSSR count). The van der Waals surface area contributed by atoms with Gasteiger partial charge in [-0.05, 0) is 38.5 Å². The average molecular weight is 258 g/mol. The molecule has 18 heavy (non-hydrogen) atoms. The highest BCUT2D eigenvalue weighted by molar-refractivity contribution is 5.74.